The lowest BCUT2D eigenvalue weighted by molar-refractivity contribution is -0.131. The van der Waals surface area contributed by atoms with Gasteiger partial charge in [-0.1, -0.05) is 24.3 Å². The first-order valence-corrected chi connectivity index (χ1v) is 10.5. The van der Waals surface area contributed by atoms with Gasteiger partial charge in [0.15, 0.2) is 11.5 Å². The fraction of sp³-hybridized carbons (Fsp3) is 0.417. The van der Waals surface area contributed by atoms with Gasteiger partial charge in [0.2, 0.25) is 5.91 Å². The minimum absolute atomic E-state index is 0.0622. The smallest absolute Gasteiger partial charge is 0.257 e. The maximum Gasteiger partial charge on any atom is 0.257 e. The van der Waals surface area contributed by atoms with Crippen molar-refractivity contribution in [3.63, 3.8) is 0 Å². The van der Waals surface area contributed by atoms with Crippen LogP contribution in [0.4, 0.5) is 0 Å². The van der Waals surface area contributed by atoms with Crippen molar-refractivity contribution in [1.82, 2.24) is 9.80 Å². The Morgan fingerprint density at radius 2 is 1.48 bits per heavy atom. The Hall–Kier alpha value is -3.22. The fourth-order valence-electron chi connectivity index (χ4n) is 3.91. The van der Waals surface area contributed by atoms with Crippen molar-refractivity contribution in [2.45, 2.75) is 19.3 Å². The number of aryl methyl sites for hydroxylation is 1. The van der Waals surface area contributed by atoms with Crippen LogP contribution in [0.25, 0.3) is 0 Å². The molecule has 0 saturated carbocycles. The van der Waals surface area contributed by atoms with Gasteiger partial charge in [0, 0.05) is 32.6 Å². The highest BCUT2D eigenvalue weighted by molar-refractivity contribution is 5.97. The molecule has 7 heteroatoms. The molecule has 2 aromatic rings. The number of rotatable bonds is 7. The molecule has 0 radical (unpaired) electrons. The average Bonchev–Trinajstić information content (AvgIpc) is 3.08. The second kappa shape index (κ2) is 10.7. The molecule has 0 bridgehead atoms. The number of amides is 2. The third-order valence-corrected chi connectivity index (χ3v) is 5.57. The van der Waals surface area contributed by atoms with Crippen molar-refractivity contribution in [3.8, 4) is 17.2 Å². The highest BCUT2D eigenvalue weighted by atomic mass is 16.5. The number of carbonyl (C=O) groups is 2. The van der Waals surface area contributed by atoms with Crippen molar-refractivity contribution < 1.29 is 23.8 Å². The Morgan fingerprint density at radius 3 is 2.23 bits per heavy atom. The Bertz CT molecular complexity index is 915. The minimum atomic E-state index is -0.0622. The van der Waals surface area contributed by atoms with Gasteiger partial charge in [-0.05, 0) is 36.6 Å². The first-order chi connectivity index (χ1) is 15.1. The molecule has 0 unspecified atom stereocenters. The summed E-state index contributed by atoms with van der Waals surface area (Å²) >= 11 is 0. The lowest BCUT2D eigenvalue weighted by Crippen LogP contribution is -2.37. The summed E-state index contributed by atoms with van der Waals surface area (Å²) in [5.41, 5.74) is 1.49. The van der Waals surface area contributed by atoms with Crippen molar-refractivity contribution >= 4 is 11.8 Å². The first kappa shape index (κ1) is 22.5. The molecule has 2 amide bonds. The topological polar surface area (TPSA) is 68.3 Å². The summed E-state index contributed by atoms with van der Waals surface area (Å²) in [7, 11) is 4.76. The van der Waals surface area contributed by atoms with Crippen LogP contribution in [-0.2, 0) is 11.2 Å². The molecule has 1 heterocycles. The number of hydrogen-bond acceptors (Lipinski definition) is 5. The molecule has 0 atom stereocenters. The van der Waals surface area contributed by atoms with Crippen LogP contribution < -0.4 is 14.2 Å². The number of nitrogens with zero attached hydrogens (tertiary/aromatic N) is 2. The van der Waals surface area contributed by atoms with Crippen LogP contribution in [-0.4, -0.2) is 69.1 Å². The van der Waals surface area contributed by atoms with Gasteiger partial charge in [-0.2, -0.15) is 0 Å². The molecule has 1 aliphatic heterocycles. The summed E-state index contributed by atoms with van der Waals surface area (Å²) in [6.45, 7) is 2.29. The zero-order valence-electron chi connectivity index (χ0n) is 18.4. The number of benzene rings is 2. The standard InChI is InChI=1S/C24H30N2O5/c1-29-20-10-5-4-9-19(20)24(28)26-15-7-14-25(16-17-26)22(27)13-12-18-8-6-11-21(30-2)23(18)31-3/h4-6,8-11H,7,12-17H2,1-3H3. The molecule has 166 valence electrons. The molecule has 3 rings (SSSR count). The molecule has 1 aliphatic rings. The molecular weight excluding hydrogens is 396 g/mol. The van der Waals surface area contributed by atoms with E-state index in [1.54, 1.807) is 38.4 Å². The number of hydrogen-bond donors (Lipinski definition) is 0. The minimum Gasteiger partial charge on any atom is -0.496 e. The van der Waals surface area contributed by atoms with Crippen LogP contribution in [0.3, 0.4) is 0 Å². The zero-order chi connectivity index (χ0) is 22.2. The monoisotopic (exact) mass is 426 g/mol. The van der Waals surface area contributed by atoms with E-state index in [0.717, 1.165) is 12.0 Å². The van der Waals surface area contributed by atoms with E-state index in [2.05, 4.69) is 0 Å². The normalized spacial score (nSPS) is 14.0. The molecule has 1 fully saturated rings. The number of methoxy groups -OCH3 is 3. The van der Waals surface area contributed by atoms with Gasteiger partial charge in [0.1, 0.15) is 5.75 Å². The predicted molar refractivity (Wildman–Crippen MR) is 118 cm³/mol. The van der Waals surface area contributed by atoms with E-state index in [-0.39, 0.29) is 11.8 Å². The van der Waals surface area contributed by atoms with Crippen LogP contribution in [0.2, 0.25) is 0 Å². The maximum atomic E-state index is 13.0. The zero-order valence-corrected chi connectivity index (χ0v) is 18.4. The van der Waals surface area contributed by atoms with Gasteiger partial charge in [-0.25, -0.2) is 0 Å². The van der Waals surface area contributed by atoms with Crippen LogP contribution in [0, 0.1) is 0 Å². The van der Waals surface area contributed by atoms with E-state index in [9.17, 15) is 9.59 Å². The Balaban J connectivity index is 1.59. The second-order valence-corrected chi connectivity index (χ2v) is 7.38. The summed E-state index contributed by atoms with van der Waals surface area (Å²) in [4.78, 5) is 29.5. The highest BCUT2D eigenvalue weighted by Gasteiger charge is 2.24. The van der Waals surface area contributed by atoms with Crippen molar-refractivity contribution in [3.05, 3.63) is 53.6 Å². The predicted octanol–water partition coefficient (Wildman–Crippen LogP) is 3.02. The van der Waals surface area contributed by atoms with E-state index >= 15 is 0 Å². The Morgan fingerprint density at radius 1 is 0.806 bits per heavy atom. The summed E-state index contributed by atoms with van der Waals surface area (Å²) in [6, 6.07) is 12.9. The van der Waals surface area contributed by atoms with E-state index in [1.807, 2.05) is 35.2 Å². The summed E-state index contributed by atoms with van der Waals surface area (Å²) < 4.78 is 16.1. The van der Waals surface area contributed by atoms with Crippen LogP contribution in [0.1, 0.15) is 28.8 Å². The molecule has 2 aromatic carbocycles. The number of carbonyl (C=O) groups excluding carboxylic acids is 2. The van der Waals surface area contributed by atoms with Gasteiger partial charge in [-0.15, -0.1) is 0 Å². The lowest BCUT2D eigenvalue weighted by Gasteiger charge is -2.23. The van der Waals surface area contributed by atoms with E-state index in [0.29, 0.717) is 61.8 Å². The third-order valence-electron chi connectivity index (χ3n) is 5.57. The van der Waals surface area contributed by atoms with E-state index in [4.69, 9.17) is 14.2 Å². The summed E-state index contributed by atoms with van der Waals surface area (Å²) in [5.74, 6) is 1.91. The second-order valence-electron chi connectivity index (χ2n) is 7.38. The largest absolute Gasteiger partial charge is 0.496 e. The number of para-hydroxylation sites is 2. The van der Waals surface area contributed by atoms with E-state index in [1.165, 1.54) is 0 Å². The van der Waals surface area contributed by atoms with Gasteiger partial charge < -0.3 is 24.0 Å². The highest BCUT2D eigenvalue weighted by Crippen LogP contribution is 2.31. The van der Waals surface area contributed by atoms with Crippen LogP contribution in [0.5, 0.6) is 17.2 Å². The molecular formula is C24H30N2O5. The maximum absolute atomic E-state index is 13.0. The molecule has 0 aromatic heterocycles. The van der Waals surface area contributed by atoms with Gasteiger partial charge in [0.05, 0.1) is 26.9 Å². The Labute approximate surface area is 183 Å². The lowest BCUT2D eigenvalue weighted by atomic mass is 10.1. The van der Waals surface area contributed by atoms with Crippen LogP contribution in [0.15, 0.2) is 42.5 Å². The van der Waals surface area contributed by atoms with Gasteiger partial charge >= 0.3 is 0 Å². The molecule has 0 spiro atoms. The van der Waals surface area contributed by atoms with E-state index < -0.39 is 0 Å². The average molecular weight is 427 g/mol. The SMILES string of the molecule is COc1ccccc1C(=O)N1CCCN(C(=O)CCc2cccc(OC)c2OC)CC1. The van der Waals surface area contributed by atoms with Crippen LogP contribution >= 0.6 is 0 Å². The fourth-order valence-corrected chi connectivity index (χ4v) is 3.91. The Kier molecular flexibility index (Phi) is 7.76. The van der Waals surface area contributed by atoms with Crippen molar-refractivity contribution in [2.24, 2.45) is 0 Å². The number of ether oxygens (including phenoxy) is 3. The quantitative estimate of drug-likeness (QED) is 0.681. The molecule has 31 heavy (non-hydrogen) atoms. The van der Waals surface area contributed by atoms with Gasteiger partial charge in [0.25, 0.3) is 5.91 Å². The molecule has 1 saturated heterocycles. The molecule has 0 N–H and O–H groups in total. The first-order valence-electron chi connectivity index (χ1n) is 10.5. The molecule has 0 aliphatic carbocycles. The molecule has 7 nitrogen and oxygen atoms in total. The van der Waals surface area contributed by atoms with Crippen molar-refractivity contribution in [1.29, 1.82) is 0 Å². The van der Waals surface area contributed by atoms with Crippen molar-refractivity contribution in [2.75, 3.05) is 47.5 Å². The van der Waals surface area contributed by atoms with Gasteiger partial charge in [-0.3, -0.25) is 9.59 Å². The summed E-state index contributed by atoms with van der Waals surface area (Å²) in [5, 5.41) is 0. The summed E-state index contributed by atoms with van der Waals surface area (Å²) in [6.07, 6.45) is 1.69. The third kappa shape index (κ3) is 5.29.